The highest BCUT2D eigenvalue weighted by atomic mass is 16.2. The van der Waals surface area contributed by atoms with Gasteiger partial charge in [-0.2, -0.15) is 5.10 Å². The fraction of sp³-hybridized carbons (Fsp3) is 0.250. The number of ketones is 1. The number of rotatable bonds is 6. The van der Waals surface area contributed by atoms with Gasteiger partial charge in [0.05, 0.1) is 6.21 Å². The normalized spacial score (nSPS) is 10.8. The van der Waals surface area contributed by atoms with Crippen molar-refractivity contribution in [2.24, 2.45) is 5.10 Å². The second-order valence-corrected chi connectivity index (χ2v) is 5.60. The van der Waals surface area contributed by atoms with Crippen LogP contribution in [0.25, 0.3) is 0 Å². The summed E-state index contributed by atoms with van der Waals surface area (Å²) in [5, 5.41) is 3.87. The second-order valence-electron chi connectivity index (χ2n) is 5.60. The molecule has 0 bridgehead atoms. The van der Waals surface area contributed by atoms with E-state index in [1.54, 1.807) is 0 Å². The quantitative estimate of drug-likeness (QED) is 0.383. The van der Waals surface area contributed by atoms with E-state index in [4.69, 9.17) is 0 Å². The van der Waals surface area contributed by atoms with Gasteiger partial charge in [0.1, 0.15) is 0 Å². The van der Waals surface area contributed by atoms with Crippen LogP contribution in [-0.2, 0) is 17.6 Å². The number of aryl methyl sites for hydroxylation is 3. The highest BCUT2D eigenvalue weighted by Crippen LogP contribution is 2.20. The molecule has 0 saturated heterocycles. The number of hydrogen-bond donors (Lipinski definition) is 1. The number of hydrogen-bond acceptors (Lipinski definition) is 3. The molecule has 1 amide bonds. The maximum atomic E-state index is 12.6. The summed E-state index contributed by atoms with van der Waals surface area (Å²) in [5.74, 6) is -1.25. The van der Waals surface area contributed by atoms with Crippen LogP contribution in [-0.4, -0.2) is 17.9 Å². The molecule has 0 unspecified atom stereocenters. The van der Waals surface area contributed by atoms with Gasteiger partial charge in [0.25, 0.3) is 5.78 Å². The summed E-state index contributed by atoms with van der Waals surface area (Å²) < 4.78 is 0. The van der Waals surface area contributed by atoms with Crippen LogP contribution in [0.2, 0.25) is 0 Å². The number of benzene rings is 2. The van der Waals surface area contributed by atoms with Gasteiger partial charge in [-0.25, -0.2) is 5.43 Å². The minimum atomic E-state index is -0.713. The maximum Gasteiger partial charge on any atom is 0.312 e. The third-order valence-corrected chi connectivity index (χ3v) is 3.82. The standard InChI is InChI=1S/C20H22N2O2/c1-4-16-11-14(3)12-17(5-2)18(16)19(23)20(24)22-21-13-15-9-7-6-8-10-15/h6-13H,4-5H2,1-3H3,(H,22,24)/b21-13+. The van der Waals surface area contributed by atoms with Gasteiger partial charge in [-0.1, -0.05) is 61.9 Å². The summed E-state index contributed by atoms with van der Waals surface area (Å²) in [6.07, 6.45) is 2.93. The van der Waals surface area contributed by atoms with Gasteiger partial charge in [-0.3, -0.25) is 9.59 Å². The third-order valence-electron chi connectivity index (χ3n) is 3.82. The van der Waals surface area contributed by atoms with Crippen LogP contribution in [0.1, 0.15) is 46.5 Å². The molecule has 2 rings (SSSR count). The molecule has 2 aromatic rings. The average molecular weight is 322 g/mol. The first kappa shape index (κ1) is 17.6. The summed E-state index contributed by atoms with van der Waals surface area (Å²) in [6, 6.07) is 13.3. The van der Waals surface area contributed by atoms with Crippen LogP contribution >= 0.6 is 0 Å². The number of carbonyl (C=O) groups is 2. The SMILES string of the molecule is CCc1cc(C)cc(CC)c1C(=O)C(=O)N/N=C/c1ccccc1. The Morgan fingerprint density at radius 1 is 1.04 bits per heavy atom. The number of nitrogens with zero attached hydrogens (tertiary/aromatic N) is 1. The predicted octanol–water partition coefficient (Wildman–Crippen LogP) is 3.45. The van der Waals surface area contributed by atoms with Crippen molar-refractivity contribution in [2.75, 3.05) is 0 Å². The second kappa shape index (κ2) is 8.20. The number of nitrogens with one attached hydrogen (secondary N) is 1. The third kappa shape index (κ3) is 4.16. The largest absolute Gasteiger partial charge is 0.312 e. The Bertz CT molecular complexity index is 739. The molecule has 4 heteroatoms. The highest BCUT2D eigenvalue weighted by molar-refractivity contribution is 6.43. The van der Waals surface area contributed by atoms with Crippen molar-refractivity contribution in [2.45, 2.75) is 33.6 Å². The molecule has 0 fully saturated rings. The maximum absolute atomic E-state index is 12.6. The Hall–Kier alpha value is -2.75. The molecular formula is C20H22N2O2. The molecule has 0 heterocycles. The Labute approximate surface area is 142 Å². The van der Waals surface area contributed by atoms with Crippen molar-refractivity contribution in [1.29, 1.82) is 0 Å². The van der Waals surface area contributed by atoms with E-state index in [9.17, 15) is 9.59 Å². The molecule has 0 aromatic heterocycles. The lowest BCUT2D eigenvalue weighted by atomic mass is 9.92. The predicted molar refractivity (Wildman–Crippen MR) is 96.4 cm³/mol. The molecule has 24 heavy (non-hydrogen) atoms. The molecule has 4 nitrogen and oxygen atoms in total. The first-order chi connectivity index (χ1) is 11.6. The van der Waals surface area contributed by atoms with Gasteiger partial charge in [-0.15, -0.1) is 0 Å². The van der Waals surface area contributed by atoms with Crippen LogP contribution in [0.4, 0.5) is 0 Å². The molecule has 0 spiro atoms. The van der Waals surface area contributed by atoms with Crippen molar-refractivity contribution < 1.29 is 9.59 Å². The van der Waals surface area contributed by atoms with Crippen molar-refractivity contribution in [3.8, 4) is 0 Å². The Balaban J connectivity index is 2.19. The summed E-state index contributed by atoms with van der Waals surface area (Å²) >= 11 is 0. The van der Waals surface area contributed by atoms with E-state index in [-0.39, 0.29) is 0 Å². The van der Waals surface area contributed by atoms with Crippen molar-refractivity contribution >= 4 is 17.9 Å². The molecule has 124 valence electrons. The van der Waals surface area contributed by atoms with Crippen LogP contribution in [0.3, 0.4) is 0 Å². The molecule has 0 aliphatic heterocycles. The van der Waals surface area contributed by atoms with Gasteiger partial charge in [0.2, 0.25) is 0 Å². The zero-order valence-corrected chi connectivity index (χ0v) is 14.3. The van der Waals surface area contributed by atoms with Gasteiger partial charge >= 0.3 is 5.91 Å². The van der Waals surface area contributed by atoms with Crippen LogP contribution in [0.15, 0.2) is 47.6 Å². The molecule has 2 aromatic carbocycles. The number of amides is 1. The minimum absolute atomic E-state index is 0.512. The Morgan fingerprint density at radius 3 is 2.17 bits per heavy atom. The smallest absolute Gasteiger partial charge is 0.283 e. The van der Waals surface area contributed by atoms with E-state index in [2.05, 4.69) is 10.5 Å². The van der Waals surface area contributed by atoms with Crippen LogP contribution < -0.4 is 5.43 Å². The van der Waals surface area contributed by atoms with Gasteiger partial charge in [0.15, 0.2) is 0 Å². The molecule has 0 atom stereocenters. The summed E-state index contributed by atoms with van der Waals surface area (Å²) in [5.41, 5.74) is 6.59. The fourth-order valence-electron chi connectivity index (χ4n) is 2.66. The van der Waals surface area contributed by atoms with Gasteiger partial charge < -0.3 is 0 Å². The summed E-state index contributed by atoms with van der Waals surface area (Å²) in [6.45, 7) is 5.96. The topological polar surface area (TPSA) is 58.5 Å². The number of Topliss-reactive ketones (excluding diaryl/α,β-unsaturated/α-hetero) is 1. The molecule has 1 N–H and O–H groups in total. The zero-order valence-electron chi connectivity index (χ0n) is 14.3. The fourth-order valence-corrected chi connectivity index (χ4v) is 2.66. The lowest BCUT2D eigenvalue weighted by Crippen LogP contribution is -2.29. The molecule has 0 aliphatic carbocycles. The van der Waals surface area contributed by atoms with E-state index in [1.807, 2.05) is 63.2 Å². The van der Waals surface area contributed by atoms with Crippen LogP contribution in [0, 0.1) is 6.92 Å². The van der Waals surface area contributed by atoms with Crippen LogP contribution in [0.5, 0.6) is 0 Å². The van der Waals surface area contributed by atoms with E-state index >= 15 is 0 Å². The lowest BCUT2D eigenvalue weighted by molar-refractivity contribution is -0.116. The molecule has 0 saturated carbocycles. The minimum Gasteiger partial charge on any atom is -0.283 e. The van der Waals surface area contributed by atoms with Gasteiger partial charge in [-0.05, 0) is 36.5 Å². The zero-order chi connectivity index (χ0) is 17.5. The van der Waals surface area contributed by atoms with E-state index < -0.39 is 11.7 Å². The Morgan fingerprint density at radius 2 is 1.62 bits per heavy atom. The number of hydrazone groups is 1. The van der Waals surface area contributed by atoms with E-state index in [0.29, 0.717) is 18.4 Å². The van der Waals surface area contributed by atoms with E-state index in [0.717, 1.165) is 22.3 Å². The average Bonchev–Trinajstić information content (AvgIpc) is 2.61. The first-order valence-electron chi connectivity index (χ1n) is 8.12. The highest BCUT2D eigenvalue weighted by Gasteiger charge is 2.22. The Kier molecular flexibility index (Phi) is 6.01. The summed E-state index contributed by atoms with van der Waals surface area (Å²) in [7, 11) is 0. The van der Waals surface area contributed by atoms with Gasteiger partial charge in [0, 0.05) is 5.56 Å². The van der Waals surface area contributed by atoms with Crippen molar-refractivity contribution in [3.05, 3.63) is 70.3 Å². The molecular weight excluding hydrogens is 300 g/mol. The summed E-state index contributed by atoms with van der Waals surface area (Å²) in [4.78, 5) is 24.8. The molecule has 0 aliphatic rings. The monoisotopic (exact) mass is 322 g/mol. The molecule has 0 radical (unpaired) electrons. The van der Waals surface area contributed by atoms with Crippen molar-refractivity contribution in [3.63, 3.8) is 0 Å². The lowest BCUT2D eigenvalue weighted by Gasteiger charge is -2.12. The first-order valence-corrected chi connectivity index (χ1v) is 8.12. The number of carbonyl (C=O) groups excluding carboxylic acids is 2. The van der Waals surface area contributed by atoms with E-state index in [1.165, 1.54) is 6.21 Å². The van der Waals surface area contributed by atoms with Crippen molar-refractivity contribution in [1.82, 2.24) is 5.43 Å².